The van der Waals surface area contributed by atoms with Crippen LogP contribution in [0.5, 0.6) is 17.2 Å². The van der Waals surface area contributed by atoms with Crippen LogP contribution in [-0.2, 0) is 9.59 Å². The second-order valence-corrected chi connectivity index (χ2v) is 5.63. The average molecular weight is 379 g/mol. The van der Waals surface area contributed by atoms with Crippen molar-refractivity contribution >= 4 is 23.4 Å². The average Bonchev–Trinajstić information content (AvgIpc) is 2.66. The van der Waals surface area contributed by atoms with E-state index in [-0.39, 0.29) is 6.61 Å². The number of hydrogen-bond donors (Lipinski definition) is 2. The number of ether oxygens (including phenoxy) is 3. The molecule has 2 rings (SSSR count). The number of amides is 2. The van der Waals surface area contributed by atoms with Gasteiger partial charge in [0.25, 0.3) is 11.8 Å². The minimum atomic E-state index is -0.844. The summed E-state index contributed by atoms with van der Waals surface area (Å²) >= 11 is 5.76. The lowest BCUT2D eigenvalue weighted by molar-refractivity contribution is -0.133. The van der Waals surface area contributed by atoms with Gasteiger partial charge >= 0.3 is 0 Å². The fraction of sp³-hybridized carbons (Fsp3) is 0.222. The monoisotopic (exact) mass is 378 g/mol. The van der Waals surface area contributed by atoms with Crippen molar-refractivity contribution in [1.29, 1.82) is 0 Å². The van der Waals surface area contributed by atoms with E-state index < -0.39 is 17.9 Å². The molecule has 2 amide bonds. The number of para-hydroxylation sites is 2. The predicted molar refractivity (Wildman–Crippen MR) is 96.3 cm³/mol. The smallest absolute Gasteiger partial charge is 0.279 e. The number of hydrazine groups is 1. The summed E-state index contributed by atoms with van der Waals surface area (Å²) in [6.45, 7) is 1.29. The van der Waals surface area contributed by atoms with Gasteiger partial charge in [-0.2, -0.15) is 0 Å². The Balaban J connectivity index is 1.76. The lowest BCUT2D eigenvalue weighted by Crippen LogP contribution is -2.48. The van der Waals surface area contributed by atoms with E-state index >= 15 is 0 Å². The maximum Gasteiger partial charge on any atom is 0.279 e. The third kappa shape index (κ3) is 5.86. The maximum absolute atomic E-state index is 12.0. The third-order valence-electron chi connectivity index (χ3n) is 3.25. The molecule has 0 fully saturated rings. The number of nitrogens with one attached hydrogen (secondary N) is 2. The van der Waals surface area contributed by atoms with Crippen molar-refractivity contribution in [3.05, 3.63) is 53.6 Å². The van der Waals surface area contributed by atoms with Crippen LogP contribution in [0.25, 0.3) is 0 Å². The fourth-order valence-corrected chi connectivity index (χ4v) is 2.03. The van der Waals surface area contributed by atoms with E-state index in [2.05, 4.69) is 10.9 Å². The molecule has 0 aromatic heterocycles. The van der Waals surface area contributed by atoms with Gasteiger partial charge < -0.3 is 14.2 Å². The topological polar surface area (TPSA) is 85.9 Å². The summed E-state index contributed by atoms with van der Waals surface area (Å²) in [5.41, 5.74) is 4.54. The van der Waals surface area contributed by atoms with Crippen molar-refractivity contribution in [1.82, 2.24) is 10.9 Å². The van der Waals surface area contributed by atoms with Crippen LogP contribution < -0.4 is 25.1 Å². The highest BCUT2D eigenvalue weighted by Crippen LogP contribution is 2.26. The molecule has 0 aliphatic carbocycles. The number of halogens is 1. The fourth-order valence-electron chi connectivity index (χ4n) is 1.91. The molecule has 138 valence electrons. The Hall–Kier alpha value is -2.93. The molecule has 1 atom stereocenters. The summed E-state index contributed by atoms with van der Waals surface area (Å²) < 4.78 is 16.0. The van der Waals surface area contributed by atoms with Crippen LogP contribution in [0.3, 0.4) is 0 Å². The van der Waals surface area contributed by atoms with Crippen LogP contribution >= 0.6 is 11.6 Å². The highest BCUT2D eigenvalue weighted by Gasteiger charge is 2.17. The Morgan fingerprint density at radius 1 is 1.04 bits per heavy atom. The first-order valence-corrected chi connectivity index (χ1v) is 8.14. The summed E-state index contributed by atoms with van der Waals surface area (Å²) in [4.78, 5) is 23.7. The molecule has 0 aliphatic heterocycles. The standard InChI is InChI=1S/C18H19ClN2O5/c1-12(26-16-6-4-3-5-15(16)24-2)18(23)21-20-17(22)11-25-14-9-7-13(19)8-10-14/h3-10,12H,11H2,1-2H3,(H,20,22)(H,21,23). The predicted octanol–water partition coefficient (Wildman–Crippen LogP) is 2.34. The highest BCUT2D eigenvalue weighted by atomic mass is 35.5. The zero-order valence-electron chi connectivity index (χ0n) is 14.3. The van der Waals surface area contributed by atoms with Crippen LogP contribution in [0.4, 0.5) is 0 Å². The lowest BCUT2D eigenvalue weighted by atomic mass is 10.3. The van der Waals surface area contributed by atoms with Gasteiger partial charge in [0.1, 0.15) is 5.75 Å². The molecule has 0 saturated carbocycles. The van der Waals surface area contributed by atoms with Gasteiger partial charge in [-0.05, 0) is 43.3 Å². The van der Waals surface area contributed by atoms with Crippen molar-refractivity contribution in [3.63, 3.8) is 0 Å². The molecular formula is C18H19ClN2O5. The lowest BCUT2D eigenvalue weighted by Gasteiger charge is -2.16. The molecule has 0 heterocycles. The van der Waals surface area contributed by atoms with E-state index in [0.717, 1.165) is 0 Å². The van der Waals surface area contributed by atoms with E-state index in [4.69, 9.17) is 25.8 Å². The van der Waals surface area contributed by atoms with Crippen molar-refractivity contribution in [2.45, 2.75) is 13.0 Å². The van der Waals surface area contributed by atoms with Gasteiger partial charge in [-0.3, -0.25) is 20.4 Å². The van der Waals surface area contributed by atoms with Gasteiger partial charge in [-0.1, -0.05) is 23.7 Å². The Kier molecular flexibility index (Phi) is 7.11. The minimum absolute atomic E-state index is 0.260. The number of rotatable bonds is 7. The van der Waals surface area contributed by atoms with E-state index in [1.54, 1.807) is 55.5 Å². The molecule has 0 bridgehead atoms. The Morgan fingerprint density at radius 2 is 1.69 bits per heavy atom. The second kappa shape index (κ2) is 9.53. The van der Waals surface area contributed by atoms with Crippen LogP contribution in [0, 0.1) is 0 Å². The first kappa shape index (κ1) is 19.4. The number of methoxy groups -OCH3 is 1. The van der Waals surface area contributed by atoms with Crippen LogP contribution in [0.1, 0.15) is 6.92 Å². The number of carbonyl (C=O) groups is 2. The molecule has 2 aromatic carbocycles. The zero-order chi connectivity index (χ0) is 18.9. The third-order valence-corrected chi connectivity index (χ3v) is 3.50. The Labute approximate surface area is 156 Å². The molecule has 0 radical (unpaired) electrons. The Morgan fingerprint density at radius 3 is 2.35 bits per heavy atom. The normalized spacial score (nSPS) is 11.2. The molecular weight excluding hydrogens is 360 g/mol. The van der Waals surface area contributed by atoms with Gasteiger partial charge in [0.2, 0.25) is 0 Å². The van der Waals surface area contributed by atoms with Gasteiger partial charge in [-0.25, -0.2) is 0 Å². The summed E-state index contributed by atoms with van der Waals surface area (Å²) in [5.74, 6) is 0.389. The van der Waals surface area contributed by atoms with Crippen molar-refractivity contribution in [3.8, 4) is 17.2 Å². The van der Waals surface area contributed by atoms with Gasteiger partial charge in [0, 0.05) is 5.02 Å². The van der Waals surface area contributed by atoms with Crippen LogP contribution in [0.15, 0.2) is 48.5 Å². The van der Waals surface area contributed by atoms with E-state index in [1.807, 2.05) is 0 Å². The molecule has 2 N–H and O–H groups in total. The number of benzene rings is 2. The molecule has 1 unspecified atom stereocenters. The first-order valence-electron chi connectivity index (χ1n) is 7.76. The molecule has 0 saturated heterocycles. The van der Waals surface area contributed by atoms with Crippen molar-refractivity contribution < 1.29 is 23.8 Å². The summed E-state index contributed by atoms with van der Waals surface area (Å²) in [7, 11) is 1.51. The number of carbonyl (C=O) groups excluding carboxylic acids is 2. The summed E-state index contributed by atoms with van der Waals surface area (Å²) in [5, 5.41) is 0.568. The number of hydrogen-bond acceptors (Lipinski definition) is 5. The van der Waals surface area contributed by atoms with Gasteiger partial charge in [0.05, 0.1) is 7.11 Å². The summed E-state index contributed by atoms with van der Waals surface area (Å²) in [6.07, 6.45) is -0.844. The van der Waals surface area contributed by atoms with Crippen LogP contribution in [-0.4, -0.2) is 31.6 Å². The molecule has 7 nitrogen and oxygen atoms in total. The molecule has 0 spiro atoms. The minimum Gasteiger partial charge on any atom is -0.493 e. The van der Waals surface area contributed by atoms with E-state index in [9.17, 15) is 9.59 Å². The quantitative estimate of drug-likeness (QED) is 0.722. The van der Waals surface area contributed by atoms with Crippen molar-refractivity contribution in [2.24, 2.45) is 0 Å². The Bertz CT molecular complexity index is 752. The highest BCUT2D eigenvalue weighted by molar-refractivity contribution is 6.30. The molecule has 2 aromatic rings. The van der Waals surface area contributed by atoms with Gasteiger partial charge in [0.15, 0.2) is 24.2 Å². The SMILES string of the molecule is COc1ccccc1OC(C)C(=O)NNC(=O)COc1ccc(Cl)cc1. The zero-order valence-corrected chi connectivity index (χ0v) is 15.1. The van der Waals surface area contributed by atoms with Gasteiger partial charge in [-0.15, -0.1) is 0 Å². The van der Waals surface area contributed by atoms with E-state index in [0.29, 0.717) is 22.3 Å². The van der Waals surface area contributed by atoms with Crippen molar-refractivity contribution in [2.75, 3.05) is 13.7 Å². The molecule has 0 aliphatic rings. The van der Waals surface area contributed by atoms with E-state index in [1.165, 1.54) is 7.11 Å². The summed E-state index contributed by atoms with van der Waals surface area (Å²) in [6, 6.07) is 13.5. The van der Waals surface area contributed by atoms with Crippen LogP contribution in [0.2, 0.25) is 5.02 Å². The largest absolute Gasteiger partial charge is 0.493 e. The maximum atomic E-state index is 12.0. The second-order valence-electron chi connectivity index (χ2n) is 5.19. The molecule has 26 heavy (non-hydrogen) atoms. The molecule has 8 heteroatoms. The first-order chi connectivity index (χ1) is 12.5.